The highest BCUT2D eigenvalue weighted by molar-refractivity contribution is 6.50. The molecule has 6 rings (SSSR count). The molecule has 7 heteroatoms. The Hall–Kier alpha value is -3.84. The van der Waals surface area contributed by atoms with Crippen LogP contribution in [0, 0.1) is 0 Å². The molecule has 37 heavy (non-hydrogen) atoms. The molecule has 0 bridgehead atoms. The van der Waals surface area contributed by atoms with Crippen molar-refractivity contribution in [3.05, 3.63) is 65.5 Å². The molecule has 2 aliphatic heterocycles. The maximum Gasteiger partial charge on any atom is 0.259 e. The first-order valence-electron chi connectivity index (χ1n) is 13.2. The molecule has 0 saturated heterocycles. The molecule has 4 heterocycles. The number of aromatic nitrogens is 1. The Morgan fingerprint density at radius 1 is 1.00 bits per heavy atom. The second-order valence-corrected chi connectivity index (χ2v) is 9.69. The van der Waals surface area contributed by atoms with Crippen molar-refractivity contribution in [1.82, 2.24) is 14.8 Å². The van der Waals surface area contributed by atoms with Crippen molar-refractivity contribution in [2.45, 2.75) is 39.7 Å². The highest BCUT2D eigenvalue weighted by Gasteiger charge is 2.36. The highest BCUT2D eigenvalue weighted by Crippen LogP contribution is 2.41. The van der Waals surface area contributed by atoms with Crippen LogP contribution >= 0.6 is 0 Å². The summed E-state index contributed by atoms with van der Waals surface area (Å²) in [5, 5.41) is 4.32. The number of fused-ring (bicyclic) bond motifs is 1. The average molecular weight is 498 g/mol. The normalized spacial score (nSPS) is 15.4. The molecule has 7 nitrogen and oxygen atoms in total. The van der Waals surface area contributed by atoms with Crippen molar-refractivity contribution in [2.75, 3.05) is 26.2 Å². The second-order valence-electron chi connectivity index (χ2n) is 9.69. The fraction of sp³-hybridized carbons (Fsp3) is 0.333. The minimum Gasteiger partial charge on any atom is -0.493 e. The minimum absolute atomic E-state index is 0.349. The van der Waals surface area contributed by atoms with Gasteiger partial charge in [0, 0.05) is 35.8 Å². The smallest absolute Gasteiger partial charge is 0.259 e. The number of amides is 2. The van der Waals surface area contributed by atoms with Crippen LogP contribution in [-0.4, -0.2) is 47.5 Å². The van der Waals surface area contributed by atoms with Gasteiger partial charge in [0.25, 0.3) is 11.8 Å². The predicted molar refractivity (Wildman–Crippen MR) is 144 cm³/mol. The van der Waals surface area contributed by atoms with E-state index in [4.69, 9.17) is 9.15 Å². The SMILES string of the molecule is CCN(CC)CCCOc1ccc(C2=C(c3cn4c5c(cccc35)CCC4)C(=O)NC2=O)c2occc12. The van der Waals surface area contributed by atoms with Crippen molar-refractivity contribution < 1.29 is 18.7 Å². The molecule has 0 atom stereocenters. The number of hydrogen-bond acceptors (Lipinski definition) is 5. The van der Waals surface area contributed by atoms with E-state index in [0.29, 0.717) is 34.6 Å². The van der Waals surface area contributed by atoms with Crippen LogP contribution in [0.25, 0.3) is 33.0 Å². The summed E-state index contributed by atoms with van der Waals surface area (Å²) in [5.74, 6) is -0.0660. The zero-order chi connectivity index (χ0) is 25.5. The van der Waals surface area contributed by atoms with Crippen LogP contribution in [0.15, 0.2) is 53.3 Å². The highest BCUT2D eigenvalue weighted by atomic mass is 16.5. The van der Waals surface area contributed by atoms with Gasteiger partial charge in [0.2, 0.25) is 0 Å². The largest absolute Gasteiger partial charge is 0.493 e. The molecule has 2 aromatic heterocycles. The van der Waals surface area contributed by atoms with Gasteiger partial charge in [-0.2, -0.15) is 0 Å². The molecule has 2 aliphatic rings. The topological polar surface area (TPSA) is 76.7 Å². The van der Waals surface area contributed by atoms with Gasteiger partial charge in [0.05, 0.1) is 34.9 Å². The molecule has 0 spiro atoms. The van der Waals surface area contributed by atoms with Crippen LogP contribution in [0.3, 0.4) is 0 Å². The number of imide groups is 1. The minimum atomic E-state index is -0.405. The Balaban J connectivity index is 1.41. The number of benzene rings is 2. The van der Waals surface area contributed by atoms with Crippen molar-refractivity contribution in [1.29, 1.82) is 0 Å². The quantitative estimate of drug-likeness (QED) is 0.260. The molecule has 2 amide bonds. The van der Waals surface area contributed by atoms with Crippen LogP contribution in [0.5, 0.6) is 5.75 Å². The maximum atomic E-state index is 13.2. The molecule has 1 N–H and O–H groups in total. The first-order chi connectivity index (χ1) is 18.1. The summed E-state index contributed by atoms with van der Waals surface area (Å²) in [6.07, 6.45) is 6.61. The van der Waals surface area contributed by atoms with E-state index in [-0.39, 0.29) is 5.91 Å². The monoisotopic (exact) mass is 497 g/mol. The van der Waals surface area contributed by atoms with Crippen molar-refractivity contribution in [3.63, 3.8) is 0 Å². The van der Waals surface area contributed by atoms with E-state index in [1.807, 2.05) is 36.5 Å². The van der Waals surface area contributed by atoms with Gasteiger partial charge in [-0.1, -0.05) is 32.0 Å². The Kier molecular flexibility index (Phi) is 6.08. The number of nitrogens with zero attached hydrogens (tertiary/aromatic N) is 2. The Bertz CT molecular complexity index is 1550. The third kappa shape index (κ3) is 3.94. The van der Waals surface area contributed by atoms with E-state index in [9.17, 15) is 9.59 Å². The van der Waals surface area contributed by atoms with E-state index in [1.165, 1.54) is 5.56 Å². The molecule has 0 fully saturated rings. The van der Waals surface area contributed by atoms with E-state index in [0.717, 1.165) is 67.3 Å². The van der Waals surface area contributed by atoms with E-state index in [2.05, 4.69) is 34.7 Å². The van der Waals surface area contributed by atoms with Crippen LogP contribution in [0.2, 0.25) is 0 Å². The fourth-order valence-corrected chi connectivity index (χ4v) is 5.79. The Morgan fingerprint density at radius 2 is 1.81 bits per heavy atom. The van der Waals surface area contributed by atoms with Crippen molar-refractivity contribution >= 4 is 44.8 Å². The number of furan rings is 1. The number of nitrogens with one attached hydrogen (secondary N) is 1. The lowest BCUT2D eigenvalue weighted by Crippen LogP contribution is -2.25. The molecule has 0 radical (unpaired) electrons. The van der Waals surface area contributed by atoms with Crippen LogP contribution in [0.4, 0.5) is 0 Å². The van der Waals surface area contributed by atoms with Gasteiger partial charge < -0.3 is 18.6 Å². The molecular formula is C30H31N3O4. The predicted octanol–water partition coefficient (Wildman–Crippen LogP) is 5.01. The molecule has 0 saturated carbocycles. The van der Waals surface area contributed by atoms with Crippen LogP contribution in [-0.2, 0) is 22.6 Å². The van der Waals surface area contributed by atoms with Gasteiger partial charge in [-0.05, 0) is 56.1 Å². The molecule has 0 aliphatic carbocycles. The van der Waals surface area contributed by atoms with Crippen molar-refractivity contribution in [3.8, 4) is 5.75 Å². The van der Waals surface area contributed by atoms with Crippen LogP contribution < -0.4 is 10.1 Å². The average Bonchev–Trinajstić information content (AvgIpc) is 3.61. The summed E-state index contributed by atoms with van der Waals surface area (Å²) in [7, 11) is 0. The third-order valence-electron chi connectivity index (χ3n) is 7.64. The first kappa shape index (κ1) is 23.6. The summed E-state index contributed by atoms with van der Waals surface area (Å²) in [4.78, 5) is 28.7. The van der Waals surface area contributed by atoms with Crippen molar-refractivity contribution in [2.24, 2.45) is 0 Å². The summed E-state index contributed by atoms with van der Waals surface area (Å²) in [5.41, 5.74) is 5.11. The molecule has 4 aromatic rings. The molecule has 2 aromatic carbocycles. The van der Waals surface area contributed by atoms with Crippen LogP contribution in [0.1, 0.15) is 43.4 Å². The maximum absolute atomic E-state index is 13.2. The number of aryl methyl sites for hydroxylation is 2. The van der Waals surface area contributed by atoms with E-state index >= 15 is 0 Å². The fourth-order valence-electron chi connectivity index (χ4n) is 5.79. The van der Waals surface area contributed by atoms with E-state index < -0.39 is 5.91 Å². The Morgan fingerprint density at radius 3 is 2.62 bits per heavy atom. The number of carbonyl (C=O) groups excluding carboxylic acids is 2. The lowest BCUT2D eigenvalue weighted by atomic mass is 9.94. The Labute approximate surface area is 215 Å². The molecular weight excluding hydrogens is 466 g/mol. The molecule has 0 unspecified atom stereocenters. The summed E-state index contributed by atoms with van der Waals surface area (Å²) in [6.45, 7) is 8.84. The van der Waals surface area contributed by atoms with E-state index in [1.54, 1.807) is 6.26 Å². The van der Waals surface area contributed by atoms with Gasteiger partial charge in [-0.15, -0.1) is 0 Å². The summed E-state index contributed by atoms with van der Waals surface area (Å²) in [6, 6.07) is 11.8. The lowest BCUT2D eigenvalue weighted by Gasteiger charge is -2.18. The van der Waals surface area contributed by atoms with Gasteiger partial charge in [0.1, 0.15) is 11.3 Å². The number of para-hydroxylation sites is 1. The standard InChI is InChI=1S/C30H31N3O4/c1-3-32(4-2)14-7-16-36-24-12-11-22(28-21(24)13-17-37-28)25-26(30(35)31-29(25)34)23-18-33-15-6-9-19-8-5-10-20(23)27(19)33/h5,8,10-13,17-18H,3-4,6-7,9,14-16H2,1-2H3,(H,31,34,35). The number of hydrogen-bond donors (Lipinski definition) is 1. The van der Waals surface area contributed by atoms with Gasteiger partial charge in [-0.3, -0.25) is 14.9 Å². The lowest BCUT2D eigenvalue weighted by molar-refractivity contribution is -0.122. The second kappa shape index (κ2) is 9.56. The first-order valence-corrected chi connectivity index (χ1v) is 13.2. The zero-order valence-corrected chi connectivity index (χ0v) is 21.3. The zero-order valence-electron chi connectivity index (χ0n) is 21.3. The third-order valence-corrected chi connectivity index (χ3v) is 7.64. The van der Waals surface area contributed by atoms with Gasteiger partial charge in [0.15, 0.2) is 0 Å². The summed E-state index contributed by atoms with van der Waals surface area (Å²) >= 11 is 0. The number of ether oxygens (including phenoxy) is 1. The number of rotatable bonds is 9. The number of carbonyl (C=O) groups is 2. The summed E-state index contributed by atoms with van der Waals surface area (Å²) < 4.78 is 14.2. The molecule has 190 valence electrons. The van der Waals surface area contributed by atoms with Gasteiger partial charge in [-0.25, -0.2) is 0 Å². The van der Waals surface area contributed by atoms with Gasteiger partial charge >= 0.3 is 0 Å².